The molecule has 8 heteroatoms. The second-order valence-corrected chi connectivity index (χ2v) is 5.93. The van der Waals surface area contributed by atoms with Gasteiger partial charge in [-0.15, -0.1) is 5.10 Å². The maximum Gasteiger partial charge on any atom is 0.321 e. The monoisotopic (exact) mass is 330 g/mol. The first-order valence-corrected chi connectivity index (χ1v) is 8.19. The summed E-state index contributed by atoms with van der Waals surface area (Å²) in [6, 6.07) is 7.24. The van der Waals surface area contributed by atoms with E-state index < -0.39 is 0 Å². The van der Waals surface area contributed by atoms with E-state index in [1.165, 1.54) is 6.33 Å². The number of benzene rings is 1. The second kappa shape index (κ2) is 7.87. The maximum atomic E-state index is 12.2. The third-order valence-corrected chi connectivity index (χ3v) is 4.12. The van der Waals surface area contributed by atoms with Gasteiger partial charge in [0.1, 0.15) is 6.33 Å². The van der Waals surface area contributed by atoms with Crippen LogP contribution in [0.1, 0.15) is 25.7 Å². The van der Waals surface area contributed by atoms with Crippen molar-refractivity contribution < 1.29 is 9.53 Å². The lowest BCUT2D eigenvalue weighted by Crippen LogP contribution is -2.32. The summed E-state index contributed by atoms with van der Waals surface area (Å²) in [5, 5.41) is 13.9. The zero-order valence-electron chi connectivity index (χ0n) is 13.8. The standard InChI is InChI=1S/C16H22N6O2/c1-21(10-2-4-15-5-3-11-24-15)16(23)18-13-6-8-14(9-7-13)22-12-17-19-20-22/h6-9,12,15H,2-5,10-11H2,1H3,(H,18,23)/t15-/m1/s1. The third kappa shape index (κ3) is 4.29. The van der Waals surface area contributed by atoms with Crippen molar-refractivity contribution in [2.45, 2.75) is 31.8 Å². The topological polar surface area (TPSA) is 85.2 Å². The molecule has 2 amide bonds. The van der Waals surface area contributed by atoms with Crippen LogP contribution < -0.4 is 5.32 Å². The lowest BCUT2D eigenvalue weighted by molar-refractivity contribution is 0.101. The molecule has 1 fully saturated rings. The summed E-state index contributed by atoms with van der Waals surface area (Å²) in [6.07, 6.45) is 6.16. The maximum absolute atomic E-state index is 12.2. The van der Waals surface area contributed by atoms with E-state index in [1.54, 1.807) is 16.6 Å². The molecule has 0 aliphatic carbocycles. The van der Waals surface area contributed by atoms with E-state index in [0.29, 0.717) is 12.6 Å². The number of nitrogens with one attached hydrogen (secondary N) is 1. The lowest BCUT2D eigenvalue weighted by atomic mass is 10.1. The van der Waals surface area contributed by atoms with E-state index in [0.717, 1.165) is 43.7 Å². The molecule has 1 aromatic carbocycles. The Bertz CT molecular complexity index is 637. The molecule has 1 atom stereocenters. The molecule has 8 nitrogen and oxygen atoms in total. The largest absolute Gasteiger partial charge is 0.378 e. The molecular weight excluding hydrogens is 308 g/mol. The van der Waals surface area contributed by atoms with Crippen LogP contribution in [0.5, 0.6) is 0 Å². The Kier molecular flexibility index (Phi) is 5.37. The van der Waals surface area contributed by atoms with Crippen molar-refractivity contribution in [1.29, 1.82) is 0 Å². The number of amides is 2. The predicted molar refractivity (Wildman–Crippen MR) is 89.0 cm³/mol. The van der Waals surface area contributed by atoms with Crippen molar-refractivity contribution in [3.8, 4) is 5.69 Å². The van der Waals surface area contributed by atoms with E-state index >= 15 is 0 Å². The van der Waals surface area contributed by atoms with Gasteiger partial charge in [0.15, 0.2) is 0 Å². The fourth-order valence-corrected chi connectivity index (χ4v) is 2.73. The fourth-order valence-electron chi connectivity index (χ4n) is 2.73. The van der Waals surface area contributed by atoms with Crippen LogP contribution in [0.15, 0.2) is 30.6 Å². The summed E-state index contributed by atoms with van der Waals surface area (Å²) in [5.74, 6) is 0. The Balaban J connectivity index is 1.45. The number of ether oxygens (including phenoxy) is 1. The average molecular weight is 330 g/mol. The third-order valence-electron chi connectivity index (χ3n) is 4.12. The van der Waals surface area contributed by atoms with Gasteiger partial charge in [0.25, 0.3) is 0 Å². The number of anilines is 1. The smallest absolute Gasteiger partial charge is 0.321 e. The number of rotatable bonds is 6. The molecule has 128 valence electrons. The van der Waals surface area contributed by atoms with E-state index in [2.05, 4.69) is 20.8 Å². The number of hydrogen-bond donors (Lipinski definition) is 1. The van der Waals surface area contributed by atoms with Crippen LogP contribution in [-0.4, -0.2) is 57.4 Å². The zero-order valence-corrected chi connectivity index (χ0v) is 13.8. The van der Waals surface area contributed by atoms with Crippen molar-refractivity contribution in [2.24, 2.45) is 0 Å². The van der Waals surface area contributed by atoms with Crippen LogP contribution in [0.4, 0.5) is 10.5 Å². The van der Waals surface area contributed by atoms with E-state index in [-0.39, 0.29) is 6.03 Å². The van der Waals surface area contributed by atoms with Crippen molar-refractivity contribution in [3.63, 3.8) is 0 Å². The average Bonchev–Trinajstić information content (AvgIpc) is 3.29. The van der Waals surface area contributed by atoms with E-state index in [9.17, 15) is 4.79 Å². The number of carbonyl (C=O) groups excluding carboxylic acids is 1. The van der Waals surface area contributed by atoms with Crippen LogP contribution in [0, 0.1) is 0 Å². The van der Waals surface area contributed by atoms with Gasteiger partial charge in [-0.3, -0.25) is 0 Å². The number of hydrogen-bond acceptors (Lipinski definition) is 5. The predicted octanol–water partition coefficient (Wildman–Crippen LogP) is 2.09. The zero-order chi connectivity index (χ0) is 16.8. The van der Waals surface area contributed by atoms with Gasteiger partial charge in [-0.2, -0.15) is 0 Å². The Hall–Kier alpha value is -2.48. The van der Waals surface area contributed by atoms with Gasteiger partial charge in [0, 0.05) is 25.9 Å². The van der Waals surface area contributed by atoms with Crippen molar-refractivity contribution >= 4 is 11.7 Å². The molecule has 0 radical (unpaired) electrons. The molecule has 2 heterocycles. The normalized spacial score (nSPS) is 17.0. The van der Waals surface area contributed by atoms with Crippen molar-refractivity contribution in [2.75, 3.05) is 25.5 Å². The van der Waals surface area contributed by atoms with Crippen LogP contribution in [0.3, 0.4) is 0 Å². The summed E-state index contributed by atoms with van der Waals surface area (Å²) >= 11 is 0. The SMILES string of the molecule is CN(CCC[C@@H]1CCCO1)C(=O)Nc1ccc(-n2cnnn2)cc1. The lowest BCUT2D eigenvalue weighted by Gasteiger charge is -2.19. The summed E-state index contributed by atoms with van der Waals surface area (Å²) in [7, 11) is 1.81. The number of nitrogens with zero attached hydrogens (tertiary/aromatic N) is 5. The molecule has 3 rings (SSSR count). The number of tetrazole rings is 1. The molecule has 1 aromatic heterocycles. The molecule has 1 N–H and O–H groups in total. The molecule has 0 saturated carbocycles. The minimum absolute atomic E-state index is 0.113. The van der Waals surface area contributed by atoms with Crippen molar-refractivity contribution in [1.82, 2.24) is 25.1 Å². The number of aromatic nitrogens is 4. The number of urea groups is 1. The van der Waals surface area contributed by atoms with Crippen LogP contribution in [-0.2, 0) is 4.74 Å². The highest BCUT2D eigenvalue weighted by molar-refractivity contribution is 5.89. The van der Waals surface area contributed by atoms with Crippen LogP contribution in [0.25, 0.3) is 5.69 Å². The fraction of sp³-hybridized carbons (Fsp3) is 0.500. The summed E-state index contributed by atoms with van der Waals surface area (Å²) in [5.41, 5.74) is 1.57. The first-order valence-electron chi connectivity index (χ1n) is 8.19. The molecule has 0 spiro atoms. The molecule has 1 saturated heterocycles. The minimum Gasteiger partial charge on any atom is -0.378 e. The van der Waals surface area contributed by atoms with Crippen LogP contribution >= 0.6 is 0 Å². The molecule has 0 bridgehead atoms. The quantitative estimate of drug-likeness (QED) is 0.876. The highest BCUT2D eigenvalue weighted by atomic mass is 16.5. The Morgan fingerprint density at radius 3 is 2.92 bits per heavy atom. The first kappa shape index (κ1) is 16.4. The molecule has 1 aliphatic heterocycles. The summed E-state index contributed by atoms with van der Waals surface area (Å²) in [6.45, 7) is 1.59. The number of carbonyl (C=O) groups is 1. The van der Waals surface area contributed by atoms with Crippen molar-refractivity contribution in [3.05, 3.63) is 30.6 Å². The van der Waals surface area contributed by atoms with Gasteiger partial charge in [-0.25, -0.2) is 9.48 Å². The van der Waals surface area contributed by atoms with Gasteiger partial charge in [0.2, 0.25) is 0 Å². The van der Waals surface area contributed by atoms with Gasteiger partial charge in [-0.05, 0) is 60.4 Å². The molecular formula is C16H22N6O2. The summed E-state index contributed by atoms with van der Waals surface area (Å²) < 4.78 is 7.16. The van der Waals surface area contributed by atoms with E-state index in [4.69, 9.17) is 4.74 Å². The first-order chi connectivity index (χ1) is 11.7. The van der Waals surface area contributed by atoms with Crippen LogP contribution in [0.2, 0.25) is 0 Å². The van der Waals surface area contributed by atoms with Gasteiger partial charge >= 0.3 is 6.03 Å². The van der Waals surface area contributed by atoms with Gasteiger partial charge in [-0.1, -0.05) is 0 Å². The van der Waals surface area contributed by atoms with Gasteiger partial charge in [0.05, 0.1) is 11.8 Å². The Morgan fingerprint density at radius 1 is 1.42 bits per heavy atom. The second-order valence-electron chi connectivity index (χ2n) is 5.93. The molecule has 2 aromatic rings. The van der Waals surface area contributed by atoms with E-state index in [1.807, 2.05) is 24.3 Å². The highest BCUT2D eigenvalue weighted by Gasteiger charge is 2.16. The van der Waals surface area contributed by atoms with Gasteiger partial charge < -0.3 is 15.0 Å². The molecule has 24 heavy (non-hydrogen) atoms. The molecule has 1 aliphatic rings. The Labute approximate surface area is 140 Å². The summed E-state index contributed by atoms with van der Waals surface area (Å²) in [4.78, 5) is 13.9. The Morgan fingerprint density at radius 2 is 2.25 bits per heavy atom. The highest BCUT2D eigenvalue weighted by Crippen LogP contribution is 2.17. The molecule has 0 unspecified atom stereocenters. The minimum atomic E-state index is -0.113.